The molecule has 2 N–H and O–H groups in total. The molecule has 0 radical (unpaired) electrons. The number of hydrogen-bond acceptors (Lipinski definition) is 4. The van der Waals surface area contributed by atoms with Crippen molar-refractivity contribution in [3.05, 3.63) is 0 Å². The van der Waals surface area contributed by atoms with Gasteiger partial charge in [-0.15, -0.1) is 0 Å². The number of hydrogen-bond donors (Lipinski definition) is 2. The lowest BCUT2D eigenvalue weighted by atomic mass is 9.73. The van der Waals surface area contributed by atoms with Crippen molar-refractivity contribution in [2.75, 3.05) is 6.61 Å². The molecular weight excluding hydrogens is 236 g/mol. The molecule has 0 aromatic carbocycles. The number of rotatable bonds is 8. The fraction of sp³-hybridized carbons (Fsp3) is 0.846. The van der Waals surface area contributed by atoms with Gasteiger partial charge in [-0.25, -0.2) is 0 Å². The van der Waals surface area contributed by atoms with E-state index in [1.54, 1.807) is 27.7 Å². The summed E-state index contributed by atoms with van der Waals surface area (Å²) in [5, 5.41) is 19.7. The van der Waals surface area contributed by atoms with Gasteiger partial charge in [0.25, 0.3) is 0 Å². The third-order valence-corrected chi connectivity index (χ3v) is 3.63. The van der Waals surface area contributed by atoms with Crippen LogP contribution in [-0.4, -0.2) is 34.4 Å². The third kappa shape index (κ3) is 3.45. The molecule has 0 spiro atoms. The van der Waals surface area contributed by atoms with Crippen LogP contribution in [0.15, 0.2) is 0 Å². The maximum atomic E-state index is 11.9. The van der Waals surface area contributed by atoms with Crippen molar-refractivity contribution in [1.82, 2.24) is 0 Å². The predicted octanol–water partition coefficient (Wildman–Crippen LogP) is 1.97. The average Bonchev–Trinajstić information content (AvgIpc) is 2.35. The molecule has 1 atom stereocenters. The number of aliphatic hydroxyl groups is 1. The van der Waals surface area contributed by atoms with Crippen LogP contribution in [0.1, 0.15) is 53.4 Å². The van der Waals surface area contributed by atoms with Crippen LogP contribution in [0.5, 0.6) is 0 Å². The topological polar surface area (TPSA) is 83.8 Å². The highest BCUT2D eigenvalue weighted by Crippen LogP contribution is 2.37. The summed E-state index contributed by atoms with van der Waals surface area (Å²) < 4.78 is 4.86. The fourth-order valence-electron chi connectivity index (χ4n) is 1.99. The van der Waals surface area contributed by atoms with Crippen molar-refractivity contribution in [1.29, 1.82) is 0 Å². The lowest BCUT2D eigenvalue weighted by Gasteiger charge is -2.34. The van der Waals surface area contributed by atoms with Gasteiger partial charge in [-0.05, 0) is 26.2 Å². The van der Waals surface area contributed by atoms with Gasteiger partial charge in [0.1, 0.15) is 0 Å². The van der Waals surface area contributed by atoms with Crippen LogP contribution in [0.25, 0.3) is 0 Å². The first-order valence-corrected chi connectivity index (χ1v) is 6.44. The predicted molar refractivity (Wildman–Crippen MR) is 67.1 cm³/mol. The normalized spacial score (nSPS) is 14.9. The Labute approximate surface area is 108 Å². The zero-order chi connectivity index (χ0) is 14.4. The number of aliphatic carboxylic acids is 1. The number of ether oxygens (including phenoxy) is 1. The van der Waals surface area contributed by atoms with Crippen LogP contribution >= 0.6 is 0 Å². The lowest BCUT2D eigenvalue weighted by molar-refractivity contribution is -0.174. The number of carboxylic acid groups (broad SMARTS) is 1. The van der Waals surface area contributed by atoms with Gasteiger partial charge in [0.05, 0.1) is 12.2 Å². The Kier molecular flexibility index (Phi) is 6.32. The summed E-state index contributed by atoms with van der Waals surface area (Å²) in [6.07, 6.45) is 0.789. The maximum absolute atomic E-state index is 11.9. The molecule has 106 valence electrons. The van der Waals surface area contributed by atoms with E-state index >= 15 is 0 Å². The van der Waals surface area contributed by atoms with E-state index in [0.717, 1.165) is 0 Å². The fourth-order valence-corrected chi connectivity index (χ4v) is 1.99. The Morgan fingerprint density at radius 1 is 1.06 bits per heavy atom. The molecule has 0 amide bonds. The van der Waals surface area contributed by atoms with E-state index in [0.29, 0.717) is 12.8 Å². The lowest BCUT2D eigenvalue weighted by Crippen LogP contribution is -2.47. The van der Waals surface area contributed by atoms with Crippen LogP contribution in [0.3, 0.4) is 0 Å². The molecule has 0 heterocycles. The van der Waals surface area contributed by atoms with E-state index in [4.69, 9.17) is 4.74 Å². The summed E-state index contributed by atoms with van der Waals surface area (Å²) in [6.45, 7) is 6.93. The highest BCUT2D eigenvalue weighted by atomic mass is 16.5. The van der Waals surface area contributed by atoms with Crippen molar-refractivity contribution < 1.29 is 24.5 Å². The van der Waals surface area contributed by atoms with Gasteiger partial charge < -0.3 is 14.9 Å². The Morgan fingerprint density at radius 2 is 1.56 bits per heavy atom. The molecule has 5 heteroatoms. The Bertz CT molecular complexity index is 296. The number of carbonyl (C=O) groups excluding carboxylic acids is 1. The van der Waals surface area contributed by atoms with Crippen LogP contribution in [0.2, 0.25) is 0 Å². The first-order valence-electron chi connectivity index (χ1n) is 6.44. The monoisotopic (exact) mass is 260 g/mol. The Balaban J connectivity index is 5.34. The van der Waals surface area contributed by atoms with Gasteiger partial charge in [-0.3, -0.25) is 9.59 Å². The highest BCUT2D eigenvalue weighted by molar-refractivity contribution is 5.99. The van der Waals surface area contributed by atoms with Gasteiger partial charge in [0, 0.05) is 6.42 Å². The largest absolute Gasteiger partial charge is 0.480 e. The van der Waals surface area contributed by atoms with E-state index in [9.17, 15) is 19.8 Å². The van der Waals surface area contributed by atoms with Crippen LogP contribution in [-0.2, 0) is 14.3 Å². The van der Waals surface area contributed by atoms with Crippen molar-refractivity contribution in [2.24, 2.45) is 5.41 Å². The SMILES string of the molecule is CCOC(=O)C(CC)(CC(O)(CC)CC)C(=O)O. The standard InChI is InChI=1S/C13H24O5/c1-5-12(17,6-2)9-13(7-3,10(14)15)11(16)18-8-4/h17H,5-9H2,1-4H3,(H,14,15). The van der Waals surface area contributed by atoms with Gasteiger partial charge in [0.2, 0.25) is 0 Å². The molecule has 0 fully saturated rings. The van der Waals surface area contributed by atoms with Crippen LogP contribution in [0.4, 0.5) is 0 Å². The number of carbonyl (C=O) groups is 2. The molecule has 0 saturated carbocycles. The minimum absolute atomic E-state index is 0.101. The van der Waals surface area contributed by atoms with Crippen molar-refractivity contribution >= 4 is 11.9 Å². The summed E-state index contributed by atoms with van der Waals surface area (Å²) in [7, 11) is 0. The minimum atomic E-state index is -1.66. The molecule has 0 aliphatic heterocycles. The Morgan fingerprint density at radius 3 is 1.83 bits per heavy atom. The van der Waals surface area contributed by atoms with Crippen LogP contribution in [0, 0.1) is 5.41 Å². The molecule has 1 unspecified atom stereocenters. The summed E-state index contributed by atoms with van der Waals surface area (Å²) in [5.41, 5.74) is -2.81. The summed E-state index contributed by atoms with van der Waals surface area (Å²) in [6, 6.07) is 0. The smallest absolute Gasteiger partial charge is 0.323 e. The quantitative estimate of drug-likeness (QED) is 0.515. The first-order chi connectivity index (χ1) is 8.31. The summed E-state index contributed by atoms with van der Waals surface area (Å²) >= 11 is 0. The number of esters is 1. The van der Waals surface area contributed by atoms with Gasteiger partial charge in [0.15, 0.2) is 5.41 Å². The molecule has 0 aliphatic carbocycles. The highest BCUT2D eigenvalue weighted by Gasteiger charge is 2.50. The molecule has 5 nitrogen and oxygen atoms in total. The molecule has 0 rings (SSSR count). The second-order valence-corrected chi connectivity index (χ2v) is 4.57. The zero-order valence-electron chi connectivity index (χ0n) is 11.7. The van der Waals surface area contributed by atoms with Crippen molar-refractivity contribution in [3.8, 4) is 0 Å². The second kappa shape index (κ2) is 6.73. The molecule has 0 aliphatic rings. The summed E-state index contributed by atoms with van der Waals surface area (Å²) in [5.74, 6) is -2.00. The second-order valence-electron chi connectivity index (χ2n) is 4.57. The van der Waals surface area contributed by atoms with E-state index in [1.807, 2.05) is 0 Å². The zero-order valence-corrected chi connectivity index (χ0v) is 11.7. The number of carboxylic acids is 1. The van der Waals surface area contributed by atoms with Gasteiger partial charge >= 0.3 is 11.9 Å². The van der Waals surface area contributed by atoms with E-state index in [-0.39, 0.29) is 19.4 Å². The maximum Gasteiger partial charge on any atom is 0.323 e. The first kappa shape index (κ1) is 16.9. The Hall–Kier alpha value is -1.10. The van der Waals surface area contributed by atoms with E-state index < -0.39 is 23.0 Å². The molecular formula is C13H24O5. The van der Waals surface area contributed by atoms with E-state index in [1.165, 1.54) is 0 Å². The van der Waals surface area contributed by atoms with Crippen LogP contribution < -0.4 is 0 Å². The van der Waals surface area contributed by atoms with Gasteiger partial charge in [-0.2, -0.15) is 0 Å². The molecule has 18 heavy (non-hydrogen) atoms. The summed E-state index contributed by atoms with van der Waals surface area (Å²) in [4.78, 5) is 23.4. The van der Waals surface area contributed by atoms with Gasteiger partial charge in [-0.1, -0.05) is 20.8 Å². The third-order valence-electron chi connectivity index (χ3n) is 3.63. The average molecular weight is 260 g/mol. The van der Waals surface area contributed by atoms with Crippen molar-refractivity contribution in [2.45, 2.75) is 59.0 Å². The molecule has 0 saturated heterocycles. The molecule has 0 aromatic rings. The minimum Gasteiger partial charge on any atom is -0.480 e. The molecule has 0 aromatic heterocycles. The van der Waals surface area contributed by atoms with E-state index in [2.05, 4.69) is 0 Å². The molecule has 0 bridgehead atoms. The van der Waals surface area contributed by atoms with Crippen molar-refractivity contribution in [3.63, 3.8) is 0 Å².